The second-order valence-corrected chi connectivity index (χ2v) is 8.82. The molecule has 0 aromatic rings. The zero-order valence-corrected chi connectivity index (χ0v) is 14.4. The lowest BCUT2D eigenvalue weighted by Gasteiger charge is -2.57. The van der Waals surface area contributed by atoms with Crippen LogP contribution in [0.2, 0.25) is 0 Å². The van der Waals surface area contributed by atoms with Crippen LogP contribution in [0, 0.1) is 28.6 Å². The molecule has 4 aliphatic carbocycles. The third-order valence-electron chi connectivity index (χ3n) is 8.16. The first-order valence-corrected chi connectivity index (χ1v) is 9.26. The molecule has 0 amide bonds. The van der Waals surface area contributed by atoms with Crippen molar-refractivity contribution in [1.82, 2.24) is 0 Å². The van der Waals surface area contributed by atoms with Gasteiger partial charge in [0, 0.05) is 13.5 Å². The van der Waals surface area contributed by atoms with Crippen molar-refractivity contribution in [3.05, 3.63) is 11.6 Å². The van der Waals surface area contributed by atoms with Crippen molar-refractivity contribution in [2.45, 2.75) is 71.3 Å². The Morgan fingerprint density at radius 2 is 1.86 bits per heavy atom. The number of rotatable bonds is 1. The maximum Gasteiger partial charge on any atom is 0.155 e. The van der Waals surface area contributed by atoms with Crippen molar-refractivity contribution < 1.29 is 9.53 Å². The summed E-state index contributed by atoms with van der Waals surface area (Å²) in [7, 11) is 1.90. The fourth-order valence-electron chi connectivity index (χ4n) is 6.90. The van der Waals surface area contributed by atoms with Gasteiger partial charge in [-0.2, -0.15) is 0 Å². The van der Waals surface area contributed by atoms with Crippen LogP contribution in [-0.4, -0.2) is 19.0 Å². The van der Waals surface area contributed by atoms with E-state index in [2.05, 4.69) is 13.8 Å². The van der Waals surface area contributed by atoms with Gasteiger partial charge in [0.2, 0.25) is 0 Å². The van der Waals surface area contributed by atoms with Gasteiger partial charge in [-0.15, -0.1) is 0 Å². The van der Waals surface area contributed by atoms with E-state index in [1.165, 1.54) is 37.7 Å². The molecule has 0 heterocycles. The molecule has 3 saturated carbocycles. The van der Waals surface area contributed by atoms with Crippen LogP contribution in [0.4, 0.5) is 0 Å². The van der Waals surface area contributed by atoms with Gasteiger partial charge in [0.15, 0.2) is 5.78 Å². The molecular formula is C20H30O2. The van der Waals surface area contributed by atoms with E-state index in [4.69, 9.17) is 4.74 Å². The van der Waals surface area contributed by atoms with E-state index in [1.54, 1.807) is 0 Å². The normalized spacial score (nSPS) is 50.9. The van der Waals surface area contributed by atoms with Gasteiger partial charge in [0.25, 0.3) is 0 Å². The number of ether oxygens (including phenoxy) is 1. The molecule has 122 valence electrons. The second kappa shape index (κ2) is 4.93. The number of ketones is 1. The predicted molar refractivity (Wildman–Crippen MR) is 87.5 cm³/mol. The molecule has 0 spiro atoms. The molecule has 2 nitrogen and oxygen atoms in total. The monoisotopic (exact) mass is 302 g/mol. The minimum Gasteiger partial charge on any atom is -0.381 e. The van der Waals surface area contributed by atoms with Gasteiger partial charge >= 0.3 is 0 Å². The van der Waals surface area contributed by atoms with Gasteiger partial charge in [0.1, 0.15) is 0 Å². The van der Waals surface area contributed by atoms with E-state index < -0.39 is 0 Å². The highest BCUT2D eigenvalue weighted by atomic mass is 16.5. The summed E-state index contributed by atoms with van der Waals surface area (Å²) < 4.78 is 5.85. The zero-order chi connectivity index (χ0) is 15.5. The van der Waals surface area contributed by atoms with Crippen LogP contribution in [0.5, 0.6) is 0 Å². The maximum atomic E-state index is 11.8. The van der Waals surface area contributed by atoms with Crippen LogP contribution in [0.15, 0.2) is 11.6 Å². The van der Waals surface area contributed by atoms with E-state index >= 15 is 0 Å². The summed E-state index contributed by atoms with van der Waals surface area (Å²) in [6, 6.07) is 0. The number of carbonyl (C=O) groups excluding carboxylic acids is 1. The van der Waals surface area contributed by atoms with Crippen LogP contribution in [-0.2, 0) is 9.53 Å². The van der Waals surface area contributed by atoms with Crippen molar-refractivity contribution in [3.63, 3.8) is 0 Å². The van der Waals surface area contributed by atoms with Crippen molar-refractivity contribution in [1.29, 1.82) is 0 Å². The average Bonchev–Trinajstić information content (AvgIpc) is 2.84. The van der Waals surface area contributed by atoms with Gasteiger partial charge in [0.05, 0.1) is 6.10 Å². The third-order valence-corrected chi connectivity index (χ3v) is 8.16. The van der Waals surface area contributed by atoms with Crippen molar-refractivity contribution >= 4 is 5.78 Å². The average molecular weight is 302 g/mol. The molecule has 1 unspecified atom stereocenters. The highest BCUT2D eigenvalue weighted by Crippen LogP contribution is 2.65. The molecule has 0 saturated heterocycles. The largest absolute Gasteiger partial charge is 0.381 e. The number of carbonyl (C=O) groups is 1. The summed E-state index contributed by atoms with van der Waals surface area (Å²) in [6.07, 6.45) is 12.1. The molecule has 6 atom stereocenters. The van der Waals surface area contributed by atoms with E-state index in [0.717, 1.165) is 37.0 Å². The van der Waals surface area contributed by atoms with Crippen molar-refractivity contribution in [3.8, 4) is 0 Å². The number of hydrogen-bond acceptors (Lipinski definition) is 2. The Morgan fingerprint density at radius 1 is 1.05 bits per heavy atom. The number of hydrogen-bond donors (Lipinski definition) is 0. The molecular weight excluding hydrogens is 272 g/mol. The first kappa shape index (κ1) is 14.9. The fraction of sp³-hybridized carbons (Fsp3) is 0.850. The van der Waals surface area contributed by atoms with Crippen LogP contribution >= 0.6 is 0 Å². The van der Waals surface area contributed by atoms with E-state index in [0.29, 0.717) is 22.7 Å². The molecule has 4 rings (SSSR count). The quantitative estimate of drug-likeness (QED) is 0.711. The summed E-state index contributed by atoms with van der Waals surface area (Å²) in [5.74, 6) is 2.86. The Bertz CT molecular complexity index is 522. The lowest BCUT2D eigenvalue weighted by Crippen LogP contribution is -2.51. The van der Waals surface area contributed by atoms with E-state index in [1.807, 2.05) is 13.2 Å². The maximum absolute atomic E-state index is 11.8. The van der Waals surface area contributed by atoms with E-state index in [9.17, 15) is 4.79 Å². The van der Waals surface area contributed by atoms with Gasteiger partial charge < -0.3 is 4.74 Å². The molecule has 22 heavy (non-hydrogen) atoms. The van der Waals surface area contributed by atoms with Crippen molar-refractivity contribution in [2.24, 2.45) is 28.6 Å². The topological polar surface area (TPSA) is 26.3 Å². The Labute approximate surface area is 134 Å². The second-order valence-electron chi connectivity index (χ2n) is 8.82. The standard InChI is InChI=1S/C20H30O2/c1-19-10-8-14(21)12-13(19)4-5-15-16-6-7-18(22-3)20(16,2)11-9-17(15)19/h12,15-18H,4-11H2,1-3H3/t15-,16-,17-,18?,19-,20-/m0/s1. The van der Waals surface area contributed by atoms with Crippen LogP contribution in [0.25, 0.3) is 0 Å². The Kier molecular flexibility index (Phi) is 3.35. The number of fused-ring (bicyclic) bond motifs is 5. The van der Waals surface area contributed by atoms with E-state index in [-0.39, 0.29) is 0 Å². The summed E-state index contributed by atoms with van der Waals surface area (Å²) in [5, 5.41) is 0. The van der Waals surface area contributed by atoms with Crippen LogP contribution < -0.4 is 0 Å². The van der Waals surface area contributed by atoms with Crippen molar-refractivity contribution in [2.75, 3.05) is 7.11 Å². The van der Waals surface area contributed by atoms with Gasteiger partial charge in [-0.1, -0.05) is 19.4 Å². The summed E-state index contributed by atoms with van der Waals surface area (Å²) in [6.45, 7) is 4.96. The molecule has 0 radical (unpaired) electrons. The Morgan fingerprint density at radius 3 is 2.64 bits per heavy atom. The molecule has 0 aliphatic heterocycles. The molecule has 3 fully saturated rings. The molecule has 0 aromatic heterocycles. The first-order chi connectivity index (χ1) is 10.5. The number of allylic oxidation sites excluding steroid dienone is 1. The highest BCUT2D eigenvalue weighted by Gasteiger charge is 2.59. The van der Waals surface area contributed by atoms with Gasteiger partial charge in [-0.05, 0) is 79.6 Å². The minimum absolute atomic E-state index is 0.309. The fourth-order valence-corrected chi connectivity index (χ4v) is 6.90. The van der Waals surface area contributed by atoms with Gasteiger partial charge in [-0.25, -0.2) is 0 Å². The Hall–Kier alpha value is -0.630. The molecule has 0 N–H and O–H groups in total. The SMILES string of the molecule is COC1CC[C@H]2[C@@H]3CCC4=CC(=O)CC[C@]4(C)[C@H]3CC[C@]12C. The first-order valence-electron chi connectivity index (χ1n) is 9.26. The summed E-state index contributed by atoms with van der Waals surface area (Å²) in [4.78, 5) is 11.8. The molecule has 0 bridgehead atoms. The molecule has 4 aliphatic rings. The number of methoxy groups -OCH3 is 1. The van der Waals surface area contributed by atoms with Gasteiger partial charge in [-0.3, -0.25) is 4.79 Å². The lowest BCUT2D eigenvalue weighted by atomic mass is 9.47. The lowest BCUT2D eigenvalue weighted by molar-refractivity contribution is -0.118. The van der Waals surface area contributed by atoms with Crippen LogP contribution in [0.1, 0.15) is 65.2 Å². The minimum atomic E-state index is 0.309. The predicted octanol–water partition coefficient (Wildman–Crippen LogP) is 4.53. The summed E-state index contributed by atoms with van der Waals surface area (Å²) >= 11 is 0. The zero-order valence-electron chi connectivity index (χ0n) is 14.4. The smallest absolute Gasteiger partial charge is 0.155 e. The highest BCUT2D eigenvalue weighted by molar-refractivity contribution is 5.91. The third kappa shape index (κ3) is 1.85. The summed E-state index contributed by atoms with van der Waals surface area (Å²) in [5.41, 5.74) is 2.19. The molecule has 0 aromatic carbocycles. The Balaban J connectivity index is 1.67. The molecule has 2 heteroatoms. The van der Waals surface area contributed by atoms with Crippen LogP contribution in [0.3, 0.4) is 0 Å².